The third kappa shape index (κ3) is 3.29. The summed E-state index contributed by atoms with van der Waals surface area (Å²) in [5.41, 5.74) is 5.15. The SMILES string of the molecule is C=C(Br)CNS(=O)(=O)c1ccc(N)c(F)c1. The van der Waals surface area contributed by atoms with Crippen LogP contribution in [0.2, 0.25) is 0 Å². The highest BCUT2D eigenvalue weighted by Crippen LogP contribution is 2.16. The molecule has 0 aliphatic carbocycles. The molecule has 1 rings (SSSR count). The number of hydrogen-bond acceptors (Lipinski definition) is 3. The Morgan fingerprint density at radius 3 is 2.69 bits per heavy atom. The van der Waals surface area contributed by atoms with Crippen LogP contribution in [0.25, 0.3) is 0 Å². The van der Waals surface area contributed by atoms with E-state index in [1.807, 2.05) is 0 Å². The zero-order valence-corrected chi connectivity index (χ0v) is 10.6. The van der Waals surface area contributed by atoms with Crippen LogP contribution < -0.4 is 10.5 Å². The molecule has 0 spiro atoms. The maximum atomic E-state index is 13.1. The molecule has 0 unspecified atom stereocenters. The number of rotatable bonds is 4. The van der Waals surface area contributed by atoms with E-state index in [4.69, 9.17) is 5.73 Å². The Labute approximate surface area is 102 Å². The van der Waals surface area contributed by atoms with Crippen molar-refractivity contribution in [1.29, 1.82) is 0 Å². The predicted molar refractivity (Wildman–Crippen MR) is 64.1 cm³/mol. The van der Waals surface area contributed by atoms with Gasteiger partial charge >= 0.3 is 0 Å². The summed E-state index contributed by atoms with van der Waals surface area (Å²) in [6, 6.07) is 3.30. The zero-order chi connectivity index (χ0) is 12.3. The van der Waals surface area contributed by atoms with Crippen LogP contribution in [-0.2, 0) is 10.0 Å². The van der Waals surface area contributed by atoms with E-state index in [2.05, 4.69) is 27.2 Å². The fourth-order valence-corrected chi connectivity index (χ4v) is 2.29. The van der Waals surface area contributed by atoms with E-state index in [1.54, 1.807) is 0 Å². The Morgan fingerprint density at radius 1 is 1.56 bits per heavy atom. The average molecular weight is 309 g/mol. The van der Waals surface area contributed by atoms with Crippen molar-refractivity contribution < 1.29 is 12.8 Å². The Hall–Kier alpha value is -0.920. The molecule has 0 atom stereocenters. The molecule has 0 bridgehead atoms. The van der Waals surface area contributed by atoms with Gasteiger partial charge in [-0.25, -0.2) is 17.5 Å². The second-order valence-corrected chi connectivity index (χ2v) is 5.91. The van der Waals surface area contributed by atoms with Crippen LogP contribution >= 0.6 is 15.9 Å². The van der Waals surface area contributed by atoms with E-state index in [0.717, 1.165) is 6.07 Å². The first-order valence-corrected chi connectivity index (χ1v) is 6.48. The van der Waals surface area contributed by atoms with Gasteiger partial charge in [0.15, 0.2) is 0 Å². The van der Waals surface area contributed by atoms with Gasteiger partial charge in [0.1, 0.15) is 5.82 Å². The van der Waals surface area contributed by atoms with Crippen molar-refractivity contribution in [1.82, 2.24) is 4.72 Å². The van der Waals surface area contributed by atoms with E-state index >= 15 is 0 Å². The second-order valence-electron chi connectivity index (χ2n) is 3.03. The van der Waals surface area contributed by atoms with E-state index in [-0.39, 0.29) is 17.1 Å². The average Bonchev–Trinajstić information content (AvgIpc) is 2.19. The molecule has 0 saturated carbocycles. The lowest BCUT2D eigenvalue weighted by molar-refractivity contribution is 0.582. The molecular formula is C9H10BrFN2O2S. The number of halogens is 2. The van der Waals surface area contributed by atoms with Gasteiger partial charge in [0.2, 0.25) is 10.0 Å². The highest BCUT2D eigenvalue weighted by atomic mass is 79.9. The van der Waals surface area contributed by atoms with Crippen molar-refractivity contribution >= 4 is 31.6 Å². The van der Waals surface area contributed by atoms with Crippen LogP contribution in [0.4, 0.5) is 10.1 Å². The quantitative estimate of drug-likeness (QED) is 0.830. The number of nitrogens with one attached hydrogen (secondary N) is 1. The van der Waals surface area contributed by atoms with Gasteiger partial charge in [-0.15, -0.1) is 0 Å². The number of sulfonamides is 1. The third-order valence-corrected chi connectivity index (χ3v) is 3.42. The molecular weight excluding hydrogens is 299 g/mol. The Bertz CT molecular complexity index is 516. The number of anilines is 1. The third-order valence-electron chi connectivity index (χ3n) is 1.74. The van der Waals surface area contributed by atoms with Crippen molar-refractivity contribution in [3.8, 4) is 0 Å². The number of benzene rings is 1. The van der Waals surface area contributed by atoms with Gasteiger partial charge in [-0.3, -0.25) is 0 Å². The maximum absolute atomic E-state index is 13.1. The molecule has 0 heterocycles. The zero-order valence-electron chi connectivity index (χ0n) is 8.20. The smallest absolute Gasteiger partial charge is 0.240 e. The summed E-state index contributed by atoms with van der Waals surface area (Å²) in [5.74, 6) is -0.763. The highest BCUT2D eigenvalue weighted by molar-refractivity contribution is 9.11. The van der Waals surface area contributed by atoms with Crippen molar-refractivity contribution in [3.63, 3.8) is 0 Å². The molecule has 1 aromatic carbocycles. The standard InChI is InChI=1S/C9H10BrFN2O2S/c1-6(10)5-13-16(14,15)7-2-3-9(12)8(11)4-7/h2-4,13H,1,5,12H2. The minimum Gasteiger partial charge on any atom is -0.396 e. The molecule has 0 saturated heterocycles. The molecule has 0 aliphatic rings. The fourth-order valence-electron chi connectivity index (χ4n) is 0.932. The predicted octanol–water partition coefficient (Wildman–Crippen LogP) is 1.59. The molecule has 7 heteroatoms. The van der Waals surface area contributed by atoms with Crippen molar-refractivity contribution in [3.05, 3.63) is 35.1 Å². The monoisotopic (exact) mass is 308 g/mol. The molecule has 16 heavy (non-hydrogen) atoms. The number of hydrogen-bond donors (Lipinski definition) is 2. The Morgan fingerprint density at radius 2 is 2.19 bits per heavy atom. The van der Waals surface area contributed by atoms with Gasteiger partial charge in [-0.2, -0.15) is 0 Å². The van der Waals surface area contributed by atoms with Gasteiger partial charge in [0.25, 0.3) is 0 Å². The molecule has 0 aliphatic heterocycles. The lowest BCUT2D eigenvalue weighted by atomic mass is 10.3. The normalized spacial score (nSPS) is 11.4. The van der Waals surface area contributed by atoms with E-state index in [9.17, 15) is 12.8 Å². The molecule has 0 fully saturated rings. The summed E-state index contributed by atoms with van der Waals surface area (Å²) in [7, 11) is -3.73. The number of nitrogens with two attached hydrogens (primary N) is 1. The maximum Gasteiger partial charge on any atom is 0.240 e. The summed E-state index contributed by atoms with van der Waals surface area (Å²) in [6.07, 6.45) is 0. The van der Waals surface area contributed by atoms with Gasteiger partial charge < -0.3 is 5.73 Å². The summed E-state index contributed by atoms with van der Waals surface area (Å²) in [4.78, 5) is -0.173. The first kappa shape index (κ1) is 13.1. The molecule has 1 aromatic rings. The summed E-state index contributed by atoms with van der Waals surface area (Å²) in [5, 5.41) is 0. The van der Waals surface area contributed by atoms with Crippen LogP contribution in [0.15, 0.2) is 34.2 Å². The van der Waals surface area contributed by atoms with E-state index in [1.165, 1.54) is 12.1 Å². The van der Waals surface area contributed by atoms with Crippen molar-refractivity contribution in [2.24, 2.45) is 0 Å². The summed E-state index contributed by atoms with van der Waals surface area (Å²) < 4.78 is 39.0. The molecule has 0 amide bonds. The van der Waals surface area contributed by atoms with Gasteiger partial charge in [-0.1, -0.05) is 22.5 Å². The molecule has 3 N–H and O–H groups in total. The highest BCUT2D eigenvalue weighted by Gasteiger charge is 2.15. The van der Waals surface area contributed by atoms with Crippen LogP contribution in [0.5, 0.6) is 0 Å². The molecule has 88 valence electrons. The Kier molecular flexibility index (Phi) is 4.06. The minimum absolute atomic E-state index is 0.0360. The molecule has 0 radical (unpaired) electrons. The van der Waals surface area contributed by atoms with Crippen LogP contribution in [0.1, 0.15) is 0 Å². The first-order valence-electron chi connectivity index (χ1n) is 4.21. The number of nitrogen functional groups attached to an aromatic ring is 1. The lowest BCUT2D eigenvalue weighted by Crippen LogP contribution is -2.24. The van der Waals surface area contributed by atoms with E-state index in [0.29, 0.717) is 4.48 Å². The Balaban J connectivity index is 2.99. The van der Waals surface area contributed by atoms with Gasteiger partial charge in [0, 0.05) is 11.0 Å². The summed E-state index contributed by atoms with van der Waals surface area (Å²) in [6.45, 7) is 3.52. The topological polar surface area (TPSA) is 72.2 Å². The second kappa shape index (κ2) is 4.94. The molecule has 4 nitrogen and oxygen atoms in total. The minimum atomic E-state index is -3.73. The van der Waals surface area contributed by atoms with Crippen molar-refractivity contribution in [2.45, 2.75) is 4.90 Å². The lowest BCUT2D eigenvalue weighted by Gasteiger charge is -2.06. The molecule has 0 aromatic heterocycles. The van der Waals surface area contributed by atoms with Gasteiger partial charge in [0.05, 0.1) is 10.6 Å². The van der Waals surface area contributed by atoms with Crippen LogP contribution in [0, 0.1) is 5.82 Å². The summed E-state index contributed by atoms with van der Waals surface area (Å²) >= 11 is 3.01. The largest absolute Gasteiger partial charge is 0.396 e. The van der Waals surface area contributed by atoms with Crippen molar-refractivity contribution in [2.75, 3.05) is 12.3 Å². The van der Waals surface area contributed by atoms with Gasteiger partial charge in [-0.05, 0) is 18.2 Å². The fraction of sp³-hybridized carbons (Fsp3) is 0.111. The van der Waals surface area contributed by atoms with Crippen LogP contribution in [0.3, 0.4) is 0 Å². The van der Waals surface area contributed by atoms with Crippen LogP contribution in [-0.4, -0.2) is 15.0 Å². The first-order chi connectivity index (χ1) is 7.33. The van der Waals surface area contributed by atoms with E-state index < -0.39 is 15.8 Å².